The van der Waals surface area contributed by atoms with Crippen LogP contribution in [0.4, 0.5) is 0 Å². The highest BCUT2D eigenvalue weighted by molar-refractivity contribution is 5.52. The van der Waals surface area contributed by atoms with E-state index in [0.29, 0.717) is 17.9 Å². The average Bonchev–Trinajstić information content (AvgIpc) is 3.22. The molecule has 0 spiro atoms. The van der Waals surface area contributed by atoms with Crippen molar-refractivity contribution in [1.29, 1.82) is 0 Å². The summed E-state index contributed by atoms with van der Waals surface area (Å²) < 4.78 is 10.8. The third-order valence-corrected chi connectivity index (χ3v) is 3.11. The second-order valence-corrected chi connectivity index (χ2v) is 4.41. The minimum absolute atomic E-state index is 0.204. The zero-order valence-corrected chi connectivity index (χ0v) is 9.93. The van der Waals surface area contributed by atoms with Gasteiger partial charge < -0.3 is 9.47 Å². The fourth-order valence-corrected chi connectivity index (χ4v) is 2.11. The molecule has 18 heavy (non-hydrogen) atoms. The van der Waals surface area contributed by atoms with Crippen molar-refractivity contribution in [2.75, 3.05) is 13.2 Å². The topological polar surface area (TPSA) is 46.4 Å². The Morgan fingerprint density at radius 2 is 2.22 bits per heavy atom. The summed E-state index contributed by atoms with van der Waals surface area (Å²) in [7, 11) is 0. The molecular weight excluding hydrogens is 230 g/mol. The van der Waals surface area contributed by atoms with Crippen LogP contribution in [0, 0.1) is 6.07 Å². The standard InChI is InChI=1S/C14H13NO3/c16-15-7-13-12-4-2-1-3-10(12)5-6-14(13)18-9-11-8-17-11/h3-6,11H,1-2,8-9H2/p+1. The van der Waals surface area contributed by atoms with E-state index in [1.54, 1.807) is 0 Å². The van der Waals surface area contributed by atoms with Crippen molar-refractivity contribution < 1.29 is 14.7 Å². The number of hydrogen-bond donors (Lipinski definition) is 1. The third-order valence-electron chi connectivity index (χ3n) is 3.11. The summed E-state index contributed by atoms with van der Waals surface area (Å²) in [6.07, 6.45) is 6.53. The van der Waals surface area contributed by atoms with E-state index in [2.05, 4.69) is 23.2 Å². The first-order valence-electron chi connectivity index (χ1n) is 6.06. The van der Waals surface area contributed by atoms with E-state index in [-0.39, 0.29) is 6.10 Å². The minimum atomic E-state index is 0.204. The normalized spacial score (nSPS) is 19.7. The number of benzene rings is 1. The van der Waals surface area contributed by atoms with E-state index in [9.17, 15) is 0 Å². The third kappa shape index (κ3) is 2.18. The van der Waals surface area contributed by atoms with Crippen LogP contribution in [0.2, 0.25) is 0 Å². The lowest BCUT2D eigenvalue weighted by Crippen LogP contribution is -2.30. The van der Waals surface area contributed by atoms with Crippen LogP contribution >= 0.6 is 0 Å². The zero-order valence-electron chi connectivity index (χ0n) is 9.93. The molecule has 4 heteroatoms. The van der Waals surface area contributed by atoms with Crippen LogP contribution < -0.4 is 15.2 Å². The Balaban J connectivity index is 2.04. The van der Waals surface area contributed by atoms with Crippen molar-refractivity contribution in [3.63, 3.8) is 0 Å². The molecule has 1 aromatic rings. The van der Waals surface area contributed by atoms with Gasteiger partial charge in [-0.1, -0.05) is 18.2 Å². The number of ether oxygens (including phenoxy) is 2. The predicted octanol–water partition coefficient (Wildman–Crippen LogP) is 0.889. The van der Waals surface area contributed by atoms with E-state index in [4.69, 9.17) is 14.7 Å². The highest BCUT2D eigenvalue weighted by Gasteiger charge is 2.24. The van der Waals surface area contributed by atoms with Crippen LogP contribution in [-0.2, 0) is 4.74 Å². The van der Waals surface area contributed by atoms with Crippen molar-refractivity contribution in [2.45, 2.75) is 18.9 Å². The molecule has 1 unspecified atom stereocenters. The van der Waals surface area contributed by atoms with Gasteiger partial charge in [-0.05, 0) is 24.1 Å². The molecule has 0 bridgehead atoms. The first-order valence-corrected chi connectivity index (χ1v) is 6.06. The minimum Gasteiger partial charge on any atom is -0.489 e. The van der Waals surface area contributed by atoms with Gasteiger partial charge in [-0.2, -0.15) is 5.21 Å². The predicted molar refractivity (Wildman–Crippen MR) is 67.2 cm³/mol. The van der Waals surface area contributed by atoms with Gasteiger partial charge in [0.25, 0.3) is 0 Å². The fraction of sp³-hybridized carbons (Fsp3) is 0.357. The molecule has 2 aliphatic rings. The zero-order chi connectivity index (χ0) is 12.4. The molecule has 1 aromatic carbocycles. The molecule has 1 aliphatic heterocycles. The van der Waals surface area contributed by atoms with Crippen LogP contribution in [0.25, 0.3) is 17.2 Å². The Bertz CT molecular complexity index is 635. The van der Waals surface area contributed by atoms with Crippen LogP contribution in [0.3, 0.4) is 0 Å². The van der Waals surface area contributed by atoms with Crippen molar-refractivity contribution in [3.05, 3.63) is 33.1 Å². The largest absolute Gasteiger partial charge is 0.489 e. The van der Waals surface area contributed by atoms with Crippen molar-refractivity contribution in [2.24, 2.45) is 0 Å². The van der Waals surface area contributed by atoms with Crippen molar-refractivity contribution in [3.8, 4) is 11.8 Å². The number of hydrogen-bond acceptors (Lipinski definition) is 3. The fourth-order valence-electron chi connectivity index (χ4n) is 2.11. The molecule has 1 N–H and O–H groups in total. The molecule has 1 heterocycles. The number of nitrogens with zero attached hydrogens (tertiary/aromatic N) is 1. The summed E-state index contributed by atoms with van der Waals surface area (Å²) in [6.45, 7) is 1.29. The first-order chi connectivity index (χ1) is 8.88. The van der Waals surface area contributed by atoms with Gasteiger partial charge in [0.05, 0.1) is 6.61 Å². The van der Waals surface area contributed by atoms with Crippen LogP contribution in [0.5, 0.6) is 5.75 Å². The van der Waals surface area contributed by atoms with E-state index in [1.165, 1.54) is 0 Å². The monoisotopic (exact) mass is 244 g/mol. The maximum Gasteiger partial charge on any atom is 0.392 e. The van der Waals surface area contributed by atoms with E-state index < -0.39 is 0 Å². The number of rotatable bonds is 3. The molecule has 3 rings (SSSR count). The van der Waals surface area contributed by atoms with Crippen molar-refractivity contribution >= 4 is 12.2 Å². The van der Waals surface area contributed by atoms with Gasteiger partial charge in [0.1, 0.15) is 18.5 Å². The lowest BCUT2D eigenvalue weighted by molar-refractivity contribution is 0.262. The Kier molecular flexibility index (Phi) is 2.91. The maximum absolute atomic E-state index is 8.75. The summed E-state index contributed by atoms with van der Waals surface area (Å²) in [5.74, 6) is 0.689. The van der Waals surface area contributed by atoms with Gasteiger partial charge >= 0.3 is 6.07 Å². The van der Waals surface area contributed by atoms with Crippen LogP contribution in [-0.4, -0.2) is 24.5 Å². The van der Waals surface area contributed by atoms with Crippen molar-refractivity contribution in [1.82, 2.24) is 0 Å². The van der Waals surface area contributed by atoms with E-state index in [1.807, 2.05) is 12.1 Å². The molecule has 0 saturated carbocycles. The second-order valence-electron chi connectivity index (χ2n) is 4.41. The highest BCUT2D eigenvalue weighted by atomic mass is 16.6. The number of epoxide rings is 1. The molecule has 0 radical (unpaired) electrons. The van der Waals surface area contributed by atoms with E-state index in [0.717, 1.165) is 29.9 Å². The van der Waals surface area contributed by atoms with Gasteiger partial charge in [-0.25, -0.2) is 0 Å². The molecule has 4 nitrogen and oxygen atoms in total. The van der Waals surface area contributed by atoms with Gasteiger partial charge in [0, 0.05) is 5.22 Å². The second kappa shape index (κ2) is 4.71. The summed E-state index contributed by atoms with van der Waals surface area (Å²) in [5, 5.41) is 13.9. The first kappa shape index (κ1) is 11.1. The Hall–Kier alpha value is -1.99. The number of fused-ring (bicyclic) bond motifs is 1. The summed E-state index contributed by atoms with van der Waals surface area (Å²) in [6, 6.07) is 6.53. The Morgan fingerprint density at radius 1 is 1.39 bits per heavy atom. The molecule has 1 atom stereocenters. The molecule has 1 saturated heterocycles. The van der Waals surface area contributed by atoms with Gasteiger partial charge in [-0.3, -0.25) is 0 Å². The molecule has 0 amide bonds. The highest BCUT2D eigenvalue weighted by Crippen LogP contribution is 2.16. The lowest BCUT2D eigenvalue weighted by Gasteiger charge is -2.07. The van der Waals surface area contributed by atoms with Gasteiger partial charge in [-0.15, -0.1) is 0 Å². The van der Waals surface area contributed by atoms with Crippen LogP contribution in [0.15, 0.2) is 12.1 Å². The average molecular weight is 244 g/mol. The Labute approximate surface area is 105 Å². The molecule has 92 valence electrons. The Morgan fingerprint density at radius 3 is 3.00 bits per heavy atom. The molecule has 1 aliphatic carbocycles. The molecule has 1 fully saturated rings. The summed E-state index contributed by atoms with van der Waals surface area (Å²) in [4.78, 5) is 0. The summed E-state index contributed by atoms with van der Waals surface area (Å²) >= 11 is 0. The maximum atomic E-state index is 8.75. The smallest absolute Gasteiger partial charge is 0.392 e. The molecular formula is C14H14NO3+. The van der Waals surface area contributed by atoms with E-state index >= 15 is 0 Å². The quantitative estimate of drug-likeness (QED) is 0.634. The lowest BCUT2D eigenvalue weighted by atomic mass is 10.0. The van der Waals surface area contributed by atoms with Crippen LogP contribution in [0.1, 0.15) is 18.4 Å². The summed E-state index contributed by atoms with van der Waals surface area (Å²) in [5.41, 5.74) is 0.714. The SMILES string of the molecule is O[N+]#Cc1c(OCC2CO2)ccc2c1=CCCC=2. The molecule has 0 aromatic heterocycles. The van der Waals surface area contributed by atoms with Gasteiger partial charge in [0.15, 0.2) is 5.56 Å². The van der Waals surface area contributed by atoms with Gasteiger partial charge in [0.2, 0.25) is 5.01 Å².